The summed E-state index contributed by atoms with van der Waals surface area (Å²) in [5.41, 5.74) is 2.36. The second-order valence-electron chi connectivity index (χ2n) is 7.83. The lowest BCUT2D eigenvalue weighted by atomic mass is 10.1. The second-order valence-corrected chi connectivity index (χ2v) is 9.73. The Kier molecular flexibility index (Phi) is 8.97. The zero-order valence-electron chi connectivity index (χ0n) is 20.1. The number of anilines is 1. The zero-order chi connectivity index (χ0) is 25.3. The first-order chi connectivity index (χ1) is 16.8. The minimum Gasteiger partial charge on any atom is -0.493 e. The Bertz CT molecular complexity index is 1210. The molecule has 9 heteroatoms. The molecule has 1 amide bonds. The summed E-state index contributed by atoms with van der Waals surface area (Å²) in [6, 6.07) is 21.9. The summed E-state index contributed by atoms with van der Waals surface area (Å²) in [5.74, 6) is 1.43. The third kappa shape index (κ3) is 7.65. The smallest absolute Gasteiger partial charge is 0.240 e. The first-order valence-electron chi connectivity index (χ1n) is 11.0. The molecule has 0 saturated carbocycles. The summed E-state index contributed by atoms with van der Waals surface area (Å²) in [6.45, 7) is 0.422. The molecule has 186 valence electrons. The van der Waals surface area contributed by atoms with Crippen LogP contribution in [0.15, 0.2) is 72.8 Å². The van der Waals surface area contributed by atoms with Crippen molar-refractivity contribution in [2.75, 3.05) is 37.9 Å². The Labute approximate surface area is 206 Å². The van der Waals surface area contributed by atoms with E-state index in [-0.39, 0.29) is 6.54 Å². The summed E-state index contributed by atoms with van der Waals surface area (Å²) in [6.07, 6.45) is 1.63. The number of carbonyl (C=O) groups excluding carboxylic acids is 1. The zero-order valence-corrected chi connectivity index (χ0v) is 20.9. The van der Waals surface area contributed by atoms with Crippen molar-refractivity contribution in [3.63, 3.8) is 0 Å². The van der Waals surface area contributed by atoms with E-state index >= 15 is 0 Å². The van der Waals surface area contributed by atoms with Gasteiger partial charge in [-0.1, -0.05) is 36.4 Å². The minimum atomic E-state index is -3.67. The summed E-state index contributed by atoms with van der Waals surface area (Å²) in [7, 11) is -0.547. The molecule has 0 aliphatic rings. The van der Waals surface area contributed by atoms with Crippen molar-refractivity contribution in [1.29, 1.82) is 0 Å². The number of rotatable bonds is 12. The van der Waals surface area contributed by atoms with Gasteiger partial charge in [-0.2, -0.15) is 0 Å². The van der Waals surface area contributed by atoms with E-state index in [9.17, 15) is 13.2 Å². The SMILES string of the molecule is COc1ccc(CCNC(=O)CN(c2ccc(OCc3ccccc3)cc2)S(C)(=O)=O)cc1OC. The number of benzene rings is 3. The molecule has 0 bridgehead atoms. The number of hydrogen-bond acceptors (Lipinski definition) is 6. The van der Waals surface area contributed by atoms with Crippen molar-refractivity contribution < 1.29 is 27.4 Å². The fraction of sp³-hybridized carbons (Fsp3) is 0.269. The Balaban J connectivity index is 1.57. The fourth-order valence-electron chi connectivity index (χ4n) is 3.42. The topological polar surface area (TPSA) is 94.2 Å². The van der Waals surface area contributed by atoms with Crippen LogP contribution in [0.4, 0.5) is 5.69 Å². The average Bonchev–Trinajstić information content (AvgIpc) is 2.86. The predicted octanol–water partition coefficient (Wildman–Crippen LogP) is 3.41. The van der Waals surface area contributed by atoms with Crippen LogP contribution in [0.5, 0.6) is 17.2 Å². The maximum absolute atomic E-state index is 12.5. The number of sulfonamides is 1. The van der Waals surface area contributed by atoms with Crippen molar-refractivity contribution in [2.24, 2.45) is 0 Å². The third-order valence-corrected chi connectivity index (χ3v) is 6.38. The monoisotopic (exact) mass is 498 g/mol. The number of carbonyl (C=O) groups is 1. The molecular formula is C26H30N2O6S. The van der Waals surface area contributed by atoms with Crippen molar-refractivity contribution in [1.82, 2.24) is 5.32 Å². The third-order valence-electron chi connectivity index (χ3n) is 5.24. The quantitative estimate of drug-likeness (QED) is 0.411. The largest absolute Gasteiger partial charge is 0.493 e. The molecule has 3 aromatic rings. The molecule has 0 radical (unpaired) electrons. The van der Waals surface area contributed by atoms with Gasteiger partial charge in [0.25, 0.3) is 0 Å². The van der Waals surface area contributed by atoms with Gasteiger partial charge in [-0.15, -0.1) is 0 Å². The molecule has 0 unspecified atom stereocenters. The molecule has 0 spiro atoms. The molecule has 3 rings (SSSR count). The van der Waals surface area contributed by atoms with Gasteiger partial charge in [0.2, 0.25) is 15.9 Å². The normalized spacial score (nSPS) is 10.9. The highest BCUT2D eigenvalue weighted by atomic mass is 32.2. The van der Waals surface area contributed by atoms with Gasteiger partial charge in [-0.05, 0) is 53.9 Å². The minimum absolute atomic E-state index is 0.324. The van der Waals surface area contributed by atoms with Crippen LogP contribution in [-0.2, 0) is 27.8 Å². The Morgan fingerprint density at radius 1 is 0.886 bits per heavy atom. The Morgan fingerprint density at radius 2 is 1.57 bits per heavy atom. The van der Waals surface area contributed by atoms with Crippen LogP contribution in [0.25, 0.3) is 0 Å². The molecule has 0 atom stereocenters. The van der Waals surface area contributed by atoms with Gasteiger partial charge in [0, 0.05) is 6.54 Å². The van der Waals surface area contributed by atoms with Crippen molar-refractivity contribution in [3.8, 4) is 17.2 Å². The first kappa shape index (κ1) is 25.9. The van der Waals surface area contributed by atoms with E-state index in [1.165, 1.54) is 0 Å². The van der Waals surface area contributed by atoms with Crippen molar-refractivity contribution >= 4 is 21.6 Å². The number of nitrogens with one attached hydrogen (secondary N) is 1. The number of ether oxygens (including phenoxy) is 3. The Hall–Kier alpha value is -3.72. The lowest BCUT2D eigenvalue weighted by Crippen LogP contribution is -2.40. The van der Waals surface area contributed by atoms with Gasteiger partial charge in [-0.3, -0.25) is 9.10 Å². The molecule has 1 N–H and O–H groups in total. The predicted molar refractivity (Wildman–Crippen MR) is 136 cm³/mol. The van der Waals surface area contributed by atoms with E-state index in [0.29, 0.717) is 42.5 Å². The van der Waals surface area contributed by atoms with Gasteiger partial charge < -0.3 is 19.5 Å². The highest BCUT2D eigenvalue weighted by Crippen LogP contribution is 2.27. The van der Waals surface area contributed by atoms with Crippen molar-refractivity contribution in [3.05, 3.63) is 83.9 Å². The lowest BCUT2D eigenvalue weighted by molar-refractivity contribution is -0.119. The number of amides is 1. The standard InChI is InChI=1S/C26H30N2O6S/c1-32-24-14-9-20(17-25(24)33-2)15-16-27-26(29)18-28(35(3,30)31)22-10-12-23(13-11-22)34-19-21-7-5-4-6-8-21/h4-14,17H,15-16,18-19H2,1-3H3,(H,27,29). The molecule has 0 aliphatic heterocycles. The molecule has 8 nitrogen and oxygen atoms in total. The number of hydrogen-bond donors (Lipinski definition) is 1. The molecule has 3 aromatic carbocycles. The van der Waals surface area contributed by atoms with Gasteiger partial charge in [0.15, 0.2) is 11.5 Å². The van der Waals surface area contributed by atoms with E-state index in [4.69, 9.17) is 14.2 Å². The van der Waals surface area contributed by atoms with Crippen LogP contribution >= 0.6 is 0 Å². The lowest BCUT2D eigenvalue weighted by Gasteiger charge is -2.22. The van der Waals surface area contributed by atoms with Crippen molar-refractivity contribution in [2.45, 2.75) is 13.0 Å². The number of nitrogens with zero attached hydrogens (tertiary/aromatic N) is 1. The molecule has 0 aliphatic carbocycles. The maximum atomic E-state index is 12.5. The van der Waals surface area contributed by atoms with Gasteiger partial charge in [-0.25, -0.2) is 8.42 Å². The van der Waals surface area contributed by atoms with E-state index < -0.39 is 15.9 Å². The molecule has 0 fully saturated rings. The van der Waals surface area contributed by atoms with Crippen LogP contribution in [0, 0.1) is 0 Å². The summed E-state index contributed by atoms with van der Waals surface area (Å²) < 4.78 is 42.1. The first-order valence-corrected chi connectivity index (χ1v) is 12.9. The van der Waals surface area contributed by atoms with Crippen LogP contribution in [0.2, 0.25) is 0 Å². The average molecular weight is 499 g/mol. The van der Waals surface area contributed by atoms with Crippen LogP contribution < -0.4 is 23.8 Å². The molecule has 0 heterocycles. The van der Waals surface area contributed by atoms with Gasteiger partial charge >= 0.3 is 0 Å². The second kappa shape index (κ2) is 12.1. The molecular weight excluding hydrogens is 468 g/mol. The maximum Gasteiger partial charge on any atom is 0.240 e. The van der Waals surface area contributed by atoms with E-state index in [1.807, 2.05) is 42.5 Å². The van der Waals surface area contributed by atoms with Gasteiger partial charge in [0.05, 0.1) is 26.2 Å². The highest BCUT2D eigenvalue weighted by molar-refractivity contribution is 7.92. The van der Waals surface area contributed by atoms with Crippen LogP contribution in [0.1, 0.15) is 11.1 Å². The Morgan fingerprint density at radius 3 is 2.20 bits per heavy atom. The summed E-state index contributed by atoms with van der Waals surface area (Å²) >= 11 is 0. The molecule has 35 heavy (non-hydrogen) atoms. The highest BCUT2D eigenvalue weighted by Gasteiger charge is 2.21. The van der Waals surface area contributed by atoms with E-state index in [1.54, 1.807) is 44.6 Å². The molecule has 0 aromatic heterocycles. The van der Waals surface area contributed by atoms with E-state index in [2.05, 4.69) is 5.32 Å². The fourth-order valence-corrected chi connectivity index (χ4v) is 4.27. The summed E-state index contributed by atoms with van der Waals surface area (Å²) in [4.78, 5) is 12.5. The molecule has 0 saturated heterocycles. The summed E-state index contributed by atoms with van der Waals surface area (Å²) in [5, 5.41) is 2.78. The van der Waals surface area contributed by atoms with Gasteiger partial charge in [0.1, 0.15) is 18.9 Å². The van der Waals surface area contributed by atoms with Crippen LogP contribution in [0.3, 0.4) is 0 Å². The van der Waals surface area contributed by atoms with Crippen LogP contribution in [-0.4, -0.2) is 47.9 Å². The number of methoxy groups -OCH3 is 2. The van der Waals surface area contributed by atoms with E-state index in [0.717, 1.165) is 21.7 Å².